The van der Waals surface area contributed by atoms with Gasteiger partial charge in [-0.25, -0.2) is 4.98 Å². The van der Waals surface area contributed by atoms with E-state index in [4.69, 9.17) is 5.73 Å². The molecule has 0 radical (unpaired) electrons. The summed E-state index contributed by atoms with van der Waals surface area (Å²) in [5.74, 6) is 0.0488. The van der Waals surface area contributed by atoms with Gasteiger partial charge in [0, 0.05) is 29.4 Å². The predicted octanol–water partition coefficient (Wildman–Crippen LogP) is 2.98. The molecule has 1 unspecified atom stereocenters. The van der Waals surface area contributed by atoms with E-state index in [-0.39, 0.29) is 17.7 Å². The third-order valence-electron chi connectivity index (χ3n) is 3.23. The smallest absolute Gasteiger partial charge is 0.229 e. The molecule has 0 aliphatic heterocycles. The average Bonchev–Trinajstić information content (AvgIpc) is 2.94. The topological polar surface area (TPSA) is 68.0 Å². The number of hydrogen-bond acceptors (Lipinski definition) is 4. The van der Waals surface area contributed by atoms with Crippen molar-refractivity contribution in [2.75, 3.05) is 11.9 Å². The minimum atomic E-state index is -0.159. The average molecular weight is 289 g/mol. The maximum atomic E-state index is 12.1. The molecular formula is C15H19N3OS. The van der Waals surface area contributed by atoms with Crippen LogP contribution in [0.25, 0.3) is 10.6 Å². The molecule has 0 spiro atoms. The minimum Gasteiger partial charge on any atom is -0.330 e. The van der Waals surface area contributed by atoms with Crippen LogP contribution >= 0.6 is 11.3 Å². The highest BCUT2D eigenvalue weighted by atomic mass is 32.1. The molecule has 2 aromatic rings. The number of amides is 1. The number of aromatic nitrogens is 1. The van der Waals surface area contributed by atoms with E-state index in [1.54, 1.807) is 17.5 Å². The molecule has 1 amide bonds. The van der Waals surface area contributed by atoms with Crippen molar-refractivity contribution in [2.45, 2.75) is 13.8 Å². The fourth-order valence-electron chi connectivity index (χ4n) is 1.98. The molecule has 4 nitrogen and oxygen atoms in total. The number of nitrogens with one attached hydrogen (secondary N) is 1. The van der Waals surface area contributed by atoms with Gasteiger partial charge in [0.2, 0.25) is 5.91 Å². The van der Waals surface area contributed by atoms with Crippen LogP contribution in [0, 0.1) is 11.8 Å². The van der Waals surface area contributed by atoms with E-state index in [0.717, 1.165) is 16.3 Å². The molecular weight excluding hydrogens is 270 g/mol. The number of carbonyl (C=O) groups is 1. The Morgan fingerprint density at radius 1 is 1.35 bits per heavy atom. The lowest BCUT2D eigenvalue weighted by atomic mass is 9.95. The molecule has 1 aromatic heterocycles. The second kappa shape index (κ2) is 6.63. The van der Waals surface area contributed by atoms with Crippen molar-refractivity contribution in [1.82, 2.24) is 4.98 Å². The molecule has 1 heterocycles. The monoisotopic (exact) mass is 289 g/mol. The van der Waals surface area contributed by atoms with Gasteiger partial charge in [0.15, 0.2) is 0 Å². The normalized spacial score (nSPS) is 12.4. The Labute approximate surface area is 123 Å². The molecule has 1 atom stereocenters. The lowest BCUT2D eigenvalue weighted by Gasteiger charge is -2.18. The largest absolute Gasteiger partial charge is 0.330 e. The number of carbonyl (C=O) groups excluding carboxylic acids is 1. The Hall–Kier alpha value is -1.72. The summed E-state index contributed by atoms with van der Waals surface area (Å²) in [6.07, 6.45) is 1.78. The second-order valence-corrected chi connectivity index (χ2v) is 5.88. The van der Waals surface area contributed by atoms with Crippen LogP contribution < -0.4 is 11.1 Å². The summed E-state index contributed by atoms with van der Waals surface area (Å²) in [4.78, 5) is 16.4. The number of anilines is 1. The van der Waals surface area contributed by atoms with Crippen LogP contribution in [0.5, 0.6) is 0 Å². The Balaban J connectivity index is 2.06. The summed E-state index contributed by atoms with van der Waals surface area (Å²) in [6, 6.07) is 7.70. The molecule has 0 fully saturated rings. The van der Waals surface area contributed by atoms with Crippen molar-refractivity contribution >= 4 is 22.9 Å². The van der Waals surface area contributed by atoms with Crippen LogP contribution in [0.4, 0.5) is 5.69 Å². The van der Waals surface area contributed by atoms with E-state index in [0.29, 0.717) is 6.54 Å². The zero-order chi connectivity index (χ0) is 14.5. The lowest BCUT2D eigenvalue weighted by molar-refractivity contribution is -0.120. The third-order valence-corrected chi connectivity index (χ3v) is 4.05. The standard InChI is InChI=1S/C15H19N3OS/c1-10(2)13(9-16)14(19)18-12-5-3-11(4-6-12)15-17-7-8-20-15/h3-8,10,13H,9,16H2,1-2H3,(H,18,19). The molecule has 0 aliphatic rings. The van der Waals surface area contributed by atoms with Gasteiger partial charge in [-0.2, -0.15) is 0 Å². The van der Waals surface area contributed by atoms with Gasteiger partial charge in [0.25, 0.3) is 0 Å². The number of thiazole rings is 1. The molecule has 5 heteroatoms. The predicted molar refractivity (Wildman–Crippen MR) is 83.6 cm³/mol. The number of rotatable bonds is 5. The van der Waals surface area contributed by atoms with Gasteiger partial charge in [0.05, 0.1) is 5.92 Å². The first kappa shape index (κ1) is 14.7. The molecule has 106 valence electrons. The van der Waals surface area contributed by atoms with E-state index in [1.165, 1.54) is 0 Å². The summed E-state index contributed by atoms with van der Waals surface area (Å²) in [5, 5.41) is 5.83. The van der Waals surface area contributed by atoms with Crippen molar-refractivity contribution in [3.63, 3.8) is 0 Å². The van der Waals surface area contributed by atoms with E-state index in [1.807, 2.05) is 43.5 Å². The van der Waals surface area contributed by atoms with Crippen molar-refractivity contribution in [1.29, 1.82) is 0 Å². The van der Waals surface area contributed by atoms with Gasteiger partial charge in [-0.15, -0.1) is 11.3 Å². The Morgan fingerprint density at radius 2 is 2.05 bits per heavy atom. The molecule has 0 bridgehead atoms. The minimum absolute atomic E-state index is 0.0236. The van der Waals surface area contributed by atoms with Crippen molar-refractivity contribution < 1.29 is 4.79 Å². The molecule has 0 saturated heterocycles. The van der Waals surface area contributed by atoms with Crippen LogP contribution in [0.2, 0.25) is 0 Å². The summed E-state index contributed by atoms with van der Waals surface area (Å²) in [7, 11) is 0. The maximum absolute atomic E-state index is 12.1. The van der Waals surface area contributed by atoms with Gasteiger partial charge >= 0.3 is 0 Å². The summed E-state index contributed by atoms with van der Waals surface area (Å²) >= 11 is 1.59. The first-order valence-electron chi connectivity index (χ1n) is 6.62. The van der Waals surface area contributed by atoms with Crippen molar-refractivity contribution in [3.8, 4) is 10.6 Å². The molecule has 3 N–H and O–H groups in total. The highest BCUT2D eigenvalue weighted by Gasteiger charge is 2.20. The van der Waals surface area contributed by atoms with Crippen molar-refractivity contribution in [3.05, 3.63) is 35.8 Å². The first-order chi connectivity index (χ1) is 9.61. The lowest BCUT2D eigenvalue weighted by Crippen LogP contribution is -2.33. The summed E-state index contributed by atoms with van der Waals surface area (Å²) in [6.45, 7) is 4.37. The summed E-state index contributed by atoms with van der Waals surface area (Å²) < 4.78 is 0. The number of nitrogens with two attached hydrogens (primary N) is 1. The van der Waals surface area contributed by atoms with E-state index >= 15 is 0 Å². The summed E-state index contributed by atoms with van der Waals surface area (Å²) in [5.41, 5.74) is 7.49. The van der Waals surface area contributed by atoms with Gasteiger partial charge in [-0.3, -0.25) is 4.79 Å². The maximum Gasteiger partial charge on any atom is 0.229 e. The fourth-order valence-corrected chi connectivity index (χ4v) is 2.62. The van der Waals surface area contributed by atoms with Gasteiger partial charge < -0.3 is 11.1 Å². The van der Waals surface area contributed by atoms with Crippen LogP contribution in [0.15, 0.2) is 35.8 Å². The fraction of sp³-hybridized carbons (Fsp3) is 0.333. The number of hydrogen-bond donors (Lipinski definition) is 2. The van der Waals surface area contributed by atoms with Crippen molar-refractivity contribution in [2.24, 2.45) is 17.6 Å². The SMILES string of the molecule is CC(C)C(CN)C(=O)Nc1ccc(-c2nccs2)cc1. The van der Waals surface area contributed by atoms with E-state index < -0.39 is 0 Å². The number of benzene rings is 1. The van der Waals surface area contributed by atoms with Crippen LogP contribution in [-0.4, -0.2) is 17.4 Å². The van der Waals surface area contributed by atoms with Gasteiger partial charge in [-0.05, 0) is 30.2 Å². The van der Waals surface area contributed by atoms with E-state index in [9.17, 15) is 4.79 Å². The third kappa shape index (κ3) is 3.43. The van der Waals surface area contributed by atoms with E-state index in [2.05, 4.69) is 10.3 Å². The van der Waals surface area contributed by atoms with Crippen LogP contribution in [-0.2, 0) is 4.79 Å². The highest BCUT2D eigenvalue weighted by Crippen LogP contribution is 2.23. The molecule has 2 rings (SSSR count). The molecule has 0 aliphatic carbocycles. The Bertz CT molecular complexity index is 549. The van der Waals surface area contributed by atoms with Gasteiger partial charge in [-0.1, -0.05) is 13.8 Å². The molecule has 1 aromatic carbocycles. The zero-order valence-corrected chi connectivity index (χ0v) is 12.5. The molecule has 0 saturated carbocycles. The second-order valence-electron chi connectivity index (χ2n) is 4.99. The highest BCUT2D eigenvalue weighted by molar-refractivity contribution is 7.13. The van der Waals surface area contributed by atoms with Crippen LogP contribution in [0.1, 0.15) is 13.8 Å². The Morgan fingerprint density at radius 3 is 2.55 bits per heavy atom. The zero-order valence-electron chi connectivity index (χ0n) is 11.7. The Kier molecular flexibility index (Phi) is 4.87. The van der Waals surface area contributed by atoms with Gasteiger partial charge in [0.1, 0.15) is 5.01 Å². The molecule has 20 heavy (non-hydrogen) atoms. The number of nitrogens with zero attached hydrogens (tertiary/aromatic N) is 1. The van der Waals surface area contributed by atoms with Crippen LogP contribution in [0.3, 0.4) is 0 Å². The first-order valence-corrected chi connectivity index (χ1v) is 7.50. The quantitative estimate of drug-likeness (QED) is 0.889.